The molecule has 1 aliphatic rings. The Balaban J connectivity index is 1.96. The van der Waals surface area contributed by atoms with Gasteiger partial charge in [-0.2, -0.15) is 0 Å². The van der Waals surface area contributed by atoms with Gasteiger partial charge in [0, 0.05) is 42.3 Å². The van der Waals surface area contributed by atoms with E-state index in [0.29, 0.717) is 6.42 Å². The maximum absolute atomic E-state index is 11.9. The molecule has 2 heterocycles. The number of hydrogen-bond acceptors (Lipinski definition) is 3. The zero-order chi connectivity index (χ0) is 13.4. The van der Waals surface area contributed by atoms with Crippen LogP contribution in [0.3, 0.4) is 0 Å². The number of nitrogens with zero attached hydrogens (tertiary/aromatic N) is 1. The third-order valence-electron chi connectivity index (χ3n) is 3.34. The first kappa shape index (κ1) is 12.2. The summed E-state index contributed by atoms with van der Waals surface area (Å²) in [4.78, 5) is 11.9. The highest BCUT2D eigenvalue weighted by Gasteiger charge is 2.19. The highest BCUT2D eigenvalue weighted by Crippen LogP contribution is 2.23. The predicted octanol–water partition coefficient (Wildman–Crippen LogP) is 1.54. The molecular weight excluding hydrogens is 258 g/mol. The first-order valence-corrected chi connectivity index (χ1v) is 6.64. The number of amides is 1. The van der Waals surface area contributed by atoms with Crippen molar-refractivity contribution >= 4 is 29.4 Å². The quantitative estimate of drug-likeness (QED) is 0.727. The molecule has 0 spiro atoms. The number of benzene rings is 1. The van der Waals surface area contributed by atoms with Gasteiger partial charge in [0.2, 0.25) is 0 Å². The molecule has 1 atom stereocenters. The minimum Gasteiger partial charge on any atom is -0.363 e. The Morgan fingerprint density at radius 2 is 2.16 bits per heavy atom. The Labute approximate surface area is 116 Å². The molecule has 0 aliphatic carbocycles. The van der Waals surface area contributed by atoms with Gasteiger partial charge in [-0.1, -0.05) is 18.2 Å². The van der Waals surface area contributed by atoms with Crippen molar-refractivity contribution in [3.63, 3.8) is 0 Å². The summed E-state index contributed by atoms with van der Waals surface area (Å²) in [5.74, 6) is -0.0633. The van der Waals surface area contributed by atoms with Crippen LogP contribution in [0.1, 0.15) is 5.56 Å². The molecule has 5 heteroatoms. The van der Waals surface area contributed by atoms with Crippen LogP contribution in [0, 0.1) is 0 Å². The van der Waals surface area contributed by atoms with Gasteiger partial charge in [0.15, 0.2) is 0 Å². The zero-order valence-corrected chi connectivity index (χ0v) is 11.4. The van der Waals surface area contributed by atoms with Crippen LogP contribution in [-0.4, -0.2) is 16.0 Å². The monoisotopic (exact) mass is 273 g/mol. The molecule has 1 amide bonds. The number of carbonyl (C=O) groups excluding carboxylic acids is 1. The summed E-state index contributed by atoms with van der Waals surface area (Å²) in [5, 5.41) is 6.93. The van der Waals surface area contributed by atoms with Crippen molar-refractivity contribution in [2.45, 2.75) is 11.9 Å². The van der Waals surface area contributed by atoms with E-state index in [0.717, 1.165) is 11.1 Å². The topological polar surface area (TPSA) is 46.1 Å². The highest BCUT2D eigenvalue weighted by molar-refractivity contribution is 7.80. The van der Waals surface area contributed by atoms with Gasteiger partial charge in [-0.05, 0) is 11.6 Å². The molecule has 4 nitrogen and oxygen atoms in total. The number of hydrogen-bond donors (Lipinski definition) is 3. The largest absolute Gasteiger partial charge is 0.363 e. The average Bonchev–Trinajstić information content (AvgIpc) is 2.71. The first-order chi connectivity index (χ1) is 9.15. The Bertz CT molecular complexity index is 674. The van der Waals surface area contributed by atoms with Gasteiger partial charge in [0.1, 0.15) is 5.50 Å². The van der Waals surface area contributed by atoms with Gasteiger partial charge in [0.05, 0.1) is 0 Å². The van der Waals surface area contributed by atoms with Crippen LogP contribution in [0.5, 0.6) is 0 Å². The van der Waals surface area contributed by atoms with Gasteiger partial charge >= 0.3 is 0 Å². The molecule has 19 heavy (non-hydrogen) atoms. The van der Waals surface area contributed by atoms with Gasteiger partial charge in [-0.15, -0.1) is 12.6 Å². The first-order valence-electron chi connectivity index (χ1n) is 6.12. The summed E-state index contributed by atoms with van der Waals surface area (Å²) < 4.78 is 2.08. The molecule has 2 N–H and O–H groups in total. The molecule has 0 fully saturated rings. The minimum absolute atomic E-state index is 0.0633. The molecule has 3 rings (SSSR count). The van der Waals surface area contributed by atoms with Gasteiger partial charge in [-0.3, -0.25) is 4.79 Å². The fraction of sp³-hybridized carbons (Fsp3) is 0.214. The van der Waals surface area contributed by atoms with Crippen molar-refractivity contribution < 1.29 is 4.79 Å². The van der Waals surface area contributed by atoms with Gasteiger partial charge < -0.3 is 15.2 Å². The van der Waals surface area contributed by atoms with Gasteiger partial charge in [-0.25, -0.2) is 0 Å². The molecule has 2 aromatic rings. The third kappa shape index (κ3) is 2.21. The summed E-state index contributed by atoms with van der Waals surface area (Å²) in [5.41, 5.74) is 2.75. The second-order valence-electron chi connectivity index (χ2n) is 4.67. The fourth-order valence-electron chi connectivity index (χ4n) is 2.41. The van der Waals surface area contributed by atoms with Crippen molar-refractivity contribution in [2.75, 3.05) is 0 Å². The molecule has 1 unspecified atom stereocenters. The van der Waals surface area contributed by atoms with Crippen LogP contribution >= 0.6 is 12.6 Å². The molecule has 0 radical (unpaired) electrons. The Morgan fingerprint density at radius 1 is 1.37 bits per heavy atom. The van der Waals surface area contributed by atoms with E-state index in [9.17, 15) is 4.79 Å². The minimum atomic E-state index is -0.302. The van der Waals surface area contributed by atoms with E-state index in [-0.39, 0.29) is 11.4 Å². The molecule has 0 saturated carbocycles. The molecular formula is C14H15N3OS. The second kappa shape index (κ2) is 4.66. The van der Waals surface area contributed by atoms with E-state index in [1.165, 1.54) is 10.9 Å². The summed E-state index contributed by atoms with van der Waals surface area (Å²) in [7, 11) is 2.02. The van der Waals surface area contributed by atoms with E-state index >= 15 is 0 Å². The van der Waals surface area contributed by atoms with Crippen LogP contribution in [0.4, 0.5) is 0 Å². The van der Waals surface area contributed by atoms with E-state index in [2.05, 4.69) is 46.2 Å². The highest BCUT2D eigenvalue weighted by atomic mass is 32.1. The van der Waals surface area contributed by atoms with Gasteiger partial charge in [0.25, 0.3) is 5.91 Å². The van der Waals surface area contributed by atoms with E-state index in [4.69, 9.17) is 0 Å². The molecule has 1 aromatic heterocycles. The maximum atomic E-state index is 11.9. The Hall–Kier alpha value is -1.88. The van der Waals surface area contributed by atoms with Crippen LogP contribution in [-0.2, 0) is 18.3 Å². The lowest BCUT2D eigenvalue weighted by atomic mass is 10.0. The van der Waals surface area contributed by atoms with Crippen molar-refractivity contribution in [1.82, 2.24) is 15.2 Å². The van der Waals surface area contributed by atoms with Crippen molar-refractivity contribution in [2.24, 2.45) is 7.05 Å². The number of fused-ring (bicyclic) bond motifs is 1. The normalized spacial score (nSPS) is 18.9. The number of aryl methyl sites for hydroxylation is 1. The fourth-order valence-corrected chi connectivity index (χ4v) is 2.60. The smallest absolute Gasteiger partial charge is 0.251 e. The lowest BCUT2D eigenvalue weighted by Crippen LogP contribution is -2.44. The SMILES string of the molecule is Cn1cc(CC2=CNC(S)NC2=O)c2ccccc21. The van der Waals surface area contributed by atoms with Crippen LogP contribution < -0.4 is 10.6 Å². The van der Waals surface area contributed by atoms with Crippen LogP contribution in [0.2, 0.25) is 0 Å². The molecule has 98 valence electrons. The predicted molar refractivity (Wildman–Crippen MR) is 78.8 cm³/mol. The molecule has 0 saturated heterocycles. The Kier molecular flexibility index (Phi) is 2.98. The van der Waals surface area contributed by atoms with Crippen LogP contribution in [0.15, 0.2) is 42.2 Å². The number of para-hydroxylation sites is 1. The summed E-state index contributed by atoms with van der Waals surface area (Å²) in [6.07, 6.45) is 4.44. The standard InChI is InChI=1S/C14H15N3OS/c1-17-8-10(11-4-2-3-5-12(11)17)6-9-7-15-14(19)16-13(9)18/h2-5,7-8,14-15,19H,6H2,1H3,(H,16,18). The third-order valence-corrected chi connectivity index (χ3v) is 3.61. The maximum Gasteiger partial charge on any atom is 0.251 e. The number of thiol groups is 1. The lowest BCUT2D eigenvalue weighted by molar-refractivity contribution is -0.118. The number of carbonyl (C=O) groups is 1. The number of rotatable bonds is 2. The Morgan fingerprint density at radius 3 is 2.95 bits per heavy atom. The van der Waals surface area contributed by atoms with E-state index in [1.54, 1.807) is 6.20 Å². The van der Waals surface area contributed by atoms with E-state index < -0.39 is 0 Å². The van der Waals surface area contributed by atoms with Crippen molar-refractivity contribution in [1.29, 1.82) is 0 Å². The second-order valence-corrected chi connectivity index (χ2v) is 5.19. The average molecular weight is 273 g/mol. The lowest BCUT2D eigenvalue weighted by Gasteiger charge is -2.20. The number of nitrogens with one attached hydrogen (secondary N) is 2. The van der Waals surface area contributed by atoms with Crippen molar-refractivity contribution in [3.8, 4) is 0 Å². The number of aromatic nitrogens is 1. The summed E-state index contributed by atoms with van der Waals surface area (Å²) in [6.45, 7) is 0. The van der Waals surface area contributed by atoms with Crippen molar-refractivity contribution in [3.05, 3.63) is 47.8 Å². The summed E-state index contributed by atoms with van der Waals surface area (Å²) >= 11 is 4.16. The molecule has 1 aliphatic heterocycles. The van der Waals surface area contributed by atoms with Crippen LogP contribution in [0.25, 0.3) is 10.9 Å². The van der Waals surface area contributed by atoms with E-state index in [1.807, 2.05) is 19.2 Å². The summed E-state index contributed by atoms with van der Waals surface area (Å²) in [6, 6.07) is 8.20. The molecule has 1 aromatic carbocycles. The molecule has 0 bridgehead atoms. The zero-order valence-electron chi connectivity index (χ0n) is 10.6.